The van der Waals surface area contributed by atoms with Crippen LogP contribution in [0.3, 0.4) is 0 Å². The molecular formula is C10H14BrClN4. The fourth-order valence-electron chi connectivity index (χ4n) is 1.33. The van der Waals surface area contributed by atoms with Gasteiger partial charge in [0, 0.05) is 25.7 Å². The highest BCUT2D eigenvalue weighted by molar-refractivity contribution is 9.10. The molecule has 0 aliphatic rings. The van der Waals surface area contributed by atoms with E-state index in [2.05, 4.69) is 20.9 Å². The summed E-state index contributed by atoms with van der Waals surface area (Å²) < 4.78 is 0.831. The van der Waals surface area contributed by atoms with E-state index in [0.717, 1.165) is 10.3 Å². The first kappa shape index (κ1) is 13.3. The van der Waals surface area contributed by atoms with E-state index in [1.54, 1.807) is 12.3 Å². The van der Waals surface area contributed by atoms with Gasteiger partial charge in [0.15, 0.2) is 0 Å². The van der Waals surface area contributed by atoms with Gasteiger partial charge in [-0.25, -0.2) is 4.98 Å². The third-order valence-corrected chi connectivity index (χ3v) is 3.09. The van der Waals surface area contributed by atoms with Crippen LogP contribution < -0.4 is 10.6 Å². The van der Waals surface area contributed by atoms with Crippen LogP contribution >= 0.6 is 27.5 Å². The van der Waals surface area contributed by atoms with Gasteiger partial charge in [-0.2, -0.15) is 0 Å². The molecule has 0 bridgehead atoms. The van der Waals surface area contributed by atoms with Crippen molar-refractivity contribution in [1.82, 2.24) is 4.98 Å². The van der Waals surface area contributed by atoms with Crippen LogP contribution in [0.2, 0.25) is 5.02 Å². The SMILES string of the molecule is CC(CC(=N)N)N(C)c1ncc(Cl)cc1Br. The molecule has 0 amide bonds. The molecule has 1 heterocycles. The molecule has 1 rings (SSSR count). The van der Waals surface area contributed by atoms with Gasteiger partial charge in [-0.15, -0.1) is 0 Å². The van der Waals surface area contributed by atoms with E-state index >= 15 is 0 Å². The molecule has 0 saturated carbocycles. The van der Waals surface area contributed by atoms with Crippen LogP contribution in [0.15, 0.2) is 16.7 Å². The lowest BCUT2D eigenvalue weighted by molar-refractivity contribution is 0.698. The summed E-state index contributed by atoms with van der Waals surface area (Å²) in [4.78, 5) is 6.20. The minimum atomic E-state index is 0.113. The zero-order valence-electron chi connectivity index (χ0n) is 9.17. The van der Waals surface area contributed by atoms with Crippen LogP contribution in [0.1, 0.15) is 13.3 Å². The highest BCUT2D eigenvalue weighted by Gasteiger charge is 2.15. The van der Waals surface area contributed by atoms with Gasteiger partial charge in [-0.1, -0.05) is 11.6 Å². The van der Waals surface area contributed by atoms with Gasteiger partial charge in [0.25, 0.3) is 0 Å². The van der Waals surface area contributed by atoms with Crippen molar-refractivity contribution >= 4 is 39.2 Å². The molecule has 0 saturated heterocycles. The Labute approximate surface area is 108 Å². The summed E-state index contributed by atoms with van der Waals surface area (Å²) in [7, 11) is 1.91. The highest BCUT2D eigenvalue weighted by Crippen LogP contribution is 2.27. The average molecular weight is 306 g/mol. The maximum absolute atomic E-state index is 7.27. The number of pyridine rings is 1. The molecule has 1 unspecified atom stereocenters. The maximum atomic E-state index is 7.27. The number of nitrogens with zero attached hydrogens (tertiary/aromatic N) is 2. The first-order valence-electron chi connectivity index (χ1n) is 4.78. The van der Waals surface area contributed by atoms with Crippen molar-refractivity contribution in [2.45, 2.75) is 19.4 Å². The molecule has 4 nitrogen and oxygen atoms in total. The molecule has 88 valence electrons. The van der Waals surface area contributed by atoms with Gasteiger partial charge >= 0.3 is 0 Å². The lowest BCUT2D eigenvalue weighted by Gasteiger charge is -2.26. The summed E-state index contributed by atoms with van der Waals surface area (Å²) in [6, 6.07) is 1.91. The highest BCUT2D eigenvalue weighted by atomic mass is 79.9. The van der Waals surface area contributed by atoms with Gasteiger partial charge in [0.2, 0.25) is 0 Å². The van der Waals surface area contributed by atoms with Crippen molar-refractivity contribution < 1.29 is 0 Å². The van der Waals surface area contributed by atoms with E-state index in [9.17, 15) is 0 Å². The Morgan fingerprint density at radius 3 is 2.88 bits per heavy atom. The summed E-state index contributed by atoms with van der Waals surface area (Å²) in [6.07, 6.45) is 2.10. The monoisotopic (exact) mass is 304 g/mol. The van der Waals surface area contributed by atoms with Gasteiger partial charge in [-0.3, -0.25) is 5.41 Å². The minimum absolute atomic E-state index is 0.113. The number of amidine groups is 1. The van der Waals surface area contributed by atoms with Crippen molar-refractivity contribution in [3.63, 3.8) is 0 Å². The van der Waals surface area contributed by atoms with E-state index in [-0.39, 0.29) is 11.9 Å². The Bertz CT molecular complexity index is 396. The Morgan fingerprint density at radius 2 is 2.38 bits per heavy atom. The van der Waals surface area contributed by atoms with Crippen LogP contribution in [0, 0.1) is 5.41 Å². The number of anilines is 1. The van der Waals surface area contributed by atoms with Crippen molar-refractivity contribution in [2.75, 3.05) is 11.9 Å². The van der Waals surface area contributed by atoms with E-state index < -0.39 is 0 Å². The standard InChI is InChI=1S/C10H14BrClN4/c1-6(3-9(13)14)16(2)10-8(11)4-7(12)5-15-10/h4-6H,3H2,1-2H3,(H3,13,14). The van der Waals surface area contributed by atoms with Crippen molar-refractivity contribution in [3.05, 3.63) is 21.8 Å². The fourth-order valence-corrected chi connectivity index (χ4v) is 2.25. The summed E-state index contributed by atoms with van der Waals surface area (Å²) in [5.74, 6) is 0.961. The van der Waals surface area contributed by atoms with Crippen LogP contribution in [0.5, 0.6) is 0 Å². The number of halogens is 2. The number of nitrogens with two attached hydrogens (primary N) is 1. The van der Waals surface area contributed by atoms with E-state index in [1.807, 2.05) is 18.9 Å². The molecule has 0 aromatic carbocycles. The Morgan fingerprint density at radius 1 is 1.75 bits per heavy atom. The lowest BCUT2D eigenvalue weighted by Crippen LogP contribution is -2.33. The Kier molecular flexibility index (Phi) is 4.56. The van der Waals surface area contributed by atoms with E-state index in [1.165, 1.54) is 0 Å². The van der Waals surface area contributed by atoms with Gasteiger partial charge in [0.1, 0.15) is 5.82 Å². The van der Waals surface area contributed by atoms with Crippen LogP contribution in [0.25, 0.3) is 0 Å². The Hall–Kier alpha value is -0.810. The smallest absolute Gasteiger partial charge is 0.142 e. The van der Waals surface area contributed by atoms with Gasteiger partial charge in [-0.05, 0) is 28.9 Å². The van der Waals surface area contributed by atoms with E-state index in [0.29, 0.717) is 11.4 Å². The molecule has 1 aromatic rings. The summed E-state index contributed by atoms with van der Waals surface area (Å²) in [5, 5.41) is 7.85. The second-order valence-electron chi connectivity index (χ2n) is 3.65. The quantitative estimate of drug-likeness (QED) is 0.664. The minimum Gasteiger partial charge on any atom is -0.388 e. The maximum Gasteiger partial charge on any atom is 0.142 e. The predicted octanol–water partition coefficient (Wildman–Crippen LogP) is 2.65. The lowest BCUT2D eigenvalue weighted by atomic mass is 10.2. The second kappa shape index (κ2) is 5.50. The number of nitrogens with one attached hydrogen (secondary N) is 1. The number of hydrogen-bond donors (Lipinski definition) is 2. The predicted molar refractivity (Wildman–Crippen MR) is 71.3 cm³/mol. The third-order valence-electron chi connectivity index (χ3n) is 2.30. The largest absolute Gasteiger partial charge is 0.388 e. The fraction of sp³-hybridized carbons (Fsp3) is 0.400. The van der Waals surface area contributed by atoms with Gasteiger partial charge < -0.3 is 10.6 Å². The molecule has 3 N–H and O–H groups in total. The number of hydrogen-bond acceptors (Lipinski definition) is 3. The molecule has 16 heavy (non-hydrogen) atoms. The third kappa shape index (κ3) is 3.35. The normalized spacial score (nSPS) is 12.2. The zero-order chi connectivity index (χ0) is 12.3. The van der Waals surface area contributed by atoms with Crippen molar-refractivity contribution in [1.29, 1.82) is 5.41 Å². The molecule has 0 spiro atoms. The molecule has 0 aliphatic carbocycles. The molecule has 0 radical (unpaired) electrons. The molecule has 6 heteroatoms. The average Bonchev–Trinajstić information content (AvgIpc) is 2.15. The Balaban J connectivity index is 2.87. The first-order chi connectivity index (χ1) is 7.41. The molecule has 0 fully saturated rings. The molecule has 1 atom stereocenters. The second-order valence-corrected chi connectivity index (χ2v) is 4.94. The van der Waals surface area contributed by atoms with Crippen molar-refractivity contribution in [2.24, 2.45) is 5.73 Å². The summed E-state index contributed by atoms with van der Waals surface area (Å²) in [6.45, 7) is 1.99. The zero-order valence-corrected chi connectivity index (χ0v) is 11.5. The van der Waals surface area contributed by atoms with Crippen molar-refractivity contribution in [3.8, 4) is 0 Å². The molecular weight excluding hydrogens is 291 g/mol. The topological polar surface area (TPSA) is 66.0 Å². The molecule has 1 aromatic heterocycles. The number of rotatable bonds is 4. The summed E-state index contributed by atoms with van der Waals surface area (Å²) >= 11 is 9.23. The summed E-state index contributed by atoms with van der Waals surface area (Å²) in [5.41, 5.74) is 5.37. The van der Waals surface area contributed by atoms with Crippen LogP contribution in [-0.4, -0.2) is 23.9 Å². The van der Waals surface area contributed by atoms with Crippen LogP contribution in [-0.2, 0) is 0 Å². The molecule has 0 aliphatic heterocycles. The van der Waals surface area contributed by atoms with Gasteiger partial charge in [0.05, 0.1) is 15.3 Å². The van der Waals surface area contributed by atoms with E-state index in [4.69, 9.17) is 22.7 Å². The van der Waals surface area contributed by atoms with Crippen LogP contribution in [0.4, 0.5) is 5.82 Å². The first-order valence-corrected chi connectivity index (χ1v) is 5.95. The number of aromatic nitrogens is 1.